The molecule has 2 aromatic carbocycles. The van der Waals surface area contributed by atoms with Gasteiger partial charge >= 0.3 is 0 Å². The highest BCUT2D eigenvalue weighted by Crippen LogP contribution is 2.30. The number of amides is 1. The first-order valence-electron chi connectivity index (χ1n) is 10.9. The van der Waals surface area contributed by atoms with Crippen LogP contribution >= 0.6 is 0 Å². The van der Waals surface area contributed by atoms with Gasteiger partial charge in [-0.25, -0.2) is 0 Å². The number of carbonyl (C=O) groups is 1. The summed E-state index contributed by atoms with van der Waals surface area (Å²) in [6.07, 6.45) is 5.46. The second-order valence-electron chi connectivity index (χ2n) is 7.38. The Morgan fingerprint density at radius 1 is 0.848 bits per heavy atom. The molecule has 0 atom stereocenters. The van der Waals surface area contributed by atoms with E-state index >= 15 is 0 Å². The predicted octanol–water partition coefficient (Wildman–Crippen LogP) is 4.79. The molecule has 1 amide bonds. The van der Waals surface area contributed by atoms with Gasteiger partial charge in [0.2, 0.25) is 0 Å². The fourth-order valence-corrected chi connectivity index (χ4v) is 3.12. The second kappa shape index (κ2) is 12.3. The number of aromatic nitrogens is 1. The van der Waals surface area contributed by atoms with E-state index in [0.717, 1.165) is 24.0 Å². The molecule has 3 aromatic rings. The van der Waals surface area contributed by atoms with Crippen LogP contribution in [0.4, 0.5) is 0 Å². The summed E-state index contributed by atoms with van der Waals surface area (Å²) in [5.41, 5.74) is 2.41. The van der Waals surface area contributed by atoms with Crippen LogP contribution in [0.15, 0.2) is 60.9 Å². The van der Waals surface area contributed by atoms with Gasteiger partial charge in [-0.1, -0.05) is 19.4 Å². The van der Waals surface area contributed by atoms with Crippen molar-refractivity contribution in [2.45, 2.75) is 32.9 Å². The van der Waals surface area contributed by atoms with Gasteiger partial charge in [-0.2, -0.15) is 0 Å². The Hall–Kier alpha value is -3.74. The monoisotopic (exact) mass is 450 g/mol. The molecule has 0 unspecified atom stereocenters. The maximum absolute atomic E-state index is 12.7. The van der Waals surface area contributed by atoms with Gasteiger partial charge in [-0.3, -0.25) is 9.78 Å². The summed E-state index contributed by atoms with van der Waals surface area (Å²) in [4.78, 5) is 16.7. The molecule has 1 N–H and O–H groups in total. The van der Waals surface area contributed by atoms with Crippen molar-refractivity contribution in [1.82, 2.24) is 10.3 Å². The lowest BCUT2D eigenvalue weighted by atomic mass is 10.1. The molecule has 0 radical (unpaired) electrons. The maximum atomic E-state index is 12.7. The molecule has 1 aromatic heterocycles. The number of unbranched alkanes of at least 4 members (excludes halogenated alkanes) is 1. The molecule has 33 heavy (non-hydrogen) atoms. The first kappa shape index (κ1) is 23.9. The van der Waals surface area contributed by atoms with Crippen LogP contribution in [0, 0.1) is 0 Å². The van der Waals surface area contributed by atoms with Crippen molar-refractivity contribution >= 4 is 5.91 Å². The number of nitrogens with zero attached hydrogens (tertiary/aromatic N) is 1. The molecule has 7 nitrogen and oxygen atoms in total. The van der Waals surface area contributed by atoms with Gasteiger partial charge in [0, 0.05) is 24.5 Å². The third kappa shape index (κ3) is 6.87. The van der Waals surface area contributed by atoms with Gasteiger partial charge in [0.25, 0.3) is 5.91 Å². The Kier molecular flexibility index (Phi) is 8.94. The second-order valence-corrected chi connectivity index (χ2v) is 7.38. The molecule has 0 fully saturated rings. The van der Waals surface area contributed by atoms with Crippen molar-refractivity contribution in [1.29, 1.82) is 0 Å². The highest BCUT2D eigenvalue weighted by molar-refractivity contribution is 5.94. The largest absolute Gasteiger partial charge is 0.493 e. The van der Waals surface area contributed by atoms with Gasteiger partial charge in [-0.05, 0) is 60.0 Å². The van der Waals surface area contributed by atoms with Gasteiger partial charge < -0.3 is 24.3 Å². The molecule has 3 rings (SSSR count). The molecule has 0 saturated heterocycles. The standard InChI is InChI=1S/C26H30N2O5/c1-4-5-14-32-22-9-7-21(16-25(22)31-3)26(29)28-17-20-6-8-23(24(15-20)30-2)33-18-19-10-12-27-13-11-19/h6-13,15-16H,4-5,14,17-18H2,1-3H3,(H,28,29). The molecule has 0 aliphatic carbocycles. The van der Waals surface area contributed by atoms with Crippen molar-refractivity contribution in [2.24, 2.45) is 0 Å². The number of carbonyl (C=O) groups excluding carboxylic acids is 1. The summed E-state index contributed by atoms with van der Waals surface area (Å²) >= 11 is 0. The fraction of sp³-hybridized carbons (Fsp3) is 0.308. The molecule has 0 aliphatic heterocycles. The van der Waals surface area contributed by atoms with E-state index in [1.807, 2.05) is 30.3 Å². The van der Waals surface area contributed by atoms with Crippen LogP contribution in [0.3, 0.4) is 0 Å². The Balaban J connectivity index is 1.60. The van der Waals surface area contributed by atoms with E-state index in [4.69, 9.17) is 18.9 Å². The lowest BCUT2D eigenvalue weighted by Gasteiger charge is -2.14. The van der Waals surface area contributed by atoms with Crippen molar-refractivity contribution in [3.63, 3.8) is 0 Å². The minimum Gasteiger partial charge on any atom is -0.493 e. The van der Waals surface area contributed by atoms with Crippen LogP contribution in [0.25, 0.3) is 0 Å². The zero-order valence-corrected chi connectivity index (χ0v) is 19.3. The third-order valence-corrected chi connectivity index (χ3v) is 5.01. The number of hydrogen-bond donors (Lipinski definition) is 1. The van der Waals surface area contributed by atoms with Crippen molar-refractivity contribution in [3.8, 4) is 23.0 Å². The van der Waals surface area contributed by atoms with Crippen LogP contribution in [0.2, 0.25) is 0 Å². The SMILES string of the molecule is CCCCOc1ccc(C(=O)NCc2ccc(OCc3ccncc3)c(OC)c2)cc1OC. The van der Waals surface area contributed by atoms with Crippen LogP contribution in [-0.2, 0) is 13.2 Å². The molecule has 7 heteroatoms. The third-order valence-electron chi connectivity index (χ3n) is 5.01. The number of rotatable bonds is 12. The average Bonchev–Trinajstić information content (AvgIpc) is 2.87. The Morgan fingerprint density at radius 2 is 1.55 bits per heavy atom. The minimum absolute atomic E-state index is 0.203. The number of hydrogen-bond acceptors (Lipinski definition) is 6. The molecule has 0 spiro atoms. The zero-order valence-electron chi connectivity index (χ0n) is 19.3. The van der Waals surface area contributed by atoms with Crippen molar-refractivity contribution in [2.75, 3.05) is 20.8 Å². The van der Waals surface area contributed by atoms with Gasteiger partial charge in [0.05, 0.1) is 20.8 Å². The lowest BCUT2D eigenvalue weighted by molar-refractivity contribution is 0.0950. The Labute approximate surface area is 194 Å². The Morgan fingerprint density at radius 3 is 2.27 bits per heavy atom. The molecular weight excluding hydrogens is 420 g/mol. The number of benzene rings is 2. The summed E-state index contributed by atoms with van der Waals surface area (Å²) in [6, 6.07) is 14.6. The van der Waals surface area contributed by atoms with E-state index in [2.05, 4.69) is 17.2 Å². The lowest BCUT2D eigenvalue weighted by Crippen LogP contribution is -2.22. The summed E-state index contributed by atoms with van der Waals surface area (Å²) in [7, 11) is 3.15. The normalized spacial score (nSPS) is 10.4. The van der Waals surface area contributed by atoms with E-state index in [9.17, 15) is 4.79 Å². The van der Waals surface area contributed by atoms with Crippen LogP contribution in [0.1, 0.15) is 41.3 Å². The summed E-state index contributed by atoms with van der Waals surface area (Å²) in [5, 5.41) is 2.93. The smallest absolute Gasteiger partial charge is 0.251 e. The summed E-state index contributed by atoms with van der Waals surface area (Å²) in [6.45, 7) is 3.47. The highest BCUT2D eigenvalue weighted by atomic mass is 16.5. The van der Waals surface area contributed by atoms with Crippen LogP contribution in [0.5, 0.6) is 23.0 Å². The predicted molar refractivity (Wildman–Crippen MR) is 126 cm³/mol. The molecule has 0 aliphatic rings. The fourth-order valence-electron chi connectivity index (χ4n) is 3.12. The number of pyridine rings is 1. The first-order valence-corrected chi connectivity index (χ1v) is 10.9. The summed E-state index contributed by atoms with van der Waals surface area (Å²) < 4.78 is 22.5. The molecule has 174 valence electrons. The van der Waals surface area contributed by atoms with E-state index in [-0.39, 0.29) is 5.91 Å². The van der Waals surface area contributed by atoms with Crippen LogP contribution in [-0.4, -0.2) is 31.7 Å². The van der Waals surface area contributed by atoms with E-state index in [1.165, 1.54) is 0 Å². The van der Waals surface area contributed by atoms with E-state index in [0.29, 0.717) is 48.3 Å². The number of nitrogens with one attached hydrogen (secondary N) is 1. The maximum Gasteiger partial charge on any atom is 0.251 e. The number of methoxy groups -OCH3 is 2. The first-order chi connectivity index (χ1) is 16.1. The van der Waals surface area contributed by atoms with Crippen molar-refractivity contribution in [3.05, 3.63) is 77.6 Å². The van der Waals surface area contributed by atoms with E-state index < -0.39 is 0 Å². The van der Waals surface area contributed by atoms with Crippen LogP contribution < -0.4 is 24.3 Å². The topological polar surface area (TPSA) is 78.9 Å². The quantitative estimate of drug-likeness (QED) is 0.400. The molecular formula is C26H30N2O5. The molecule has 1 heterocycles. The Bertz CT molecular complexity index is 1040. The number of ether oxygens (including phenoxy) is 4. The van der Waals surface area contributed by atoms with Gasteiger partial charge in [-0.15, -0.1) is 0 Å². The minimum atomic E-state index is -0.203. The molecule has 0 bridgehead atoms. The summed E-state index contributed by atoms with van der Waals surface area (Å²) in [5.74, 6) is 2.20. The van der Waals surface area contributed by atoms with Gasteiger partial charge in [0.1, 0.15) is 6.61 Å². The van der Waals surface area contributed by atoms with Gasteiger partial charge in [0.15, 0.2) is 23.0 Å². The van der Waals surface area contributed by atoms with E-state index in [1.54, 1.807) is 44.8 Å². The highest BCUT2D eigenvalue weighted by Gasteiger charge is 2.12. The molecule has 0 saturated carbocycles. The zero-order chi connectivity index (χ0) is 23.5. The average molecular weight is 451 g/mol. The van der Waals surface area contributed by atoms with Crippen molar-refractivity contribution < 1.29 is 23.7 Å².